The van der Waals surface area contributed by atoms with Crippen molar-refractivity contribution in [3.63, 3.8) is 0 Å². The highest BCUT2D eigenvalue weighted by Gasteiger charge is 2.43. The van der Waals surface area contributed by atoms with E-state index in [1.165, 1.54) is 0 Å². The Morgan fingerprint density at radius 2 is 1.56 bits per heavy atom. The molecule has 0 atom stereocenters. The van der Waals surface area contributed by atoms with E-state index in [-0.39, 0.29) is 17.0 Å². The Morgan fingerprint density at radius 1 is 0.875 bits per heavy atom. The molecule has 1 heterocycles. The summed E-state index contributed by atoms with van der Waals surface area (Å²) in [5.41, 5.74) is 2.69. The first-order valence-electron chi connectivity index (χ1n) is 10.3. The van der Waals surface area contributed by atoms with E-state index in [2.05, 4.69) is 0 Å². The molecular formula is C26H22F2N2O2. The number of nitrogens with zero attached hydrogens (tertiary/aromatic N) is 2. The van der Waals surface area contributed by atoms with Gasteiger partial charge >= 0.3 is 0 Å². The van der Waals surface area contributed by atoms with Gasteiger partial charge in [0.2, 0.25) is 0 Å². The molecule has 0 N–H and O–H groups in total. The van der Waals surface area contributed by atoms with Gasteiger partial charge in [0.1, 0.15) is 17.3 Å². The van der Waals surface area contributed by atoms with Crippen molar-refractivity contribution in [2.24, 2.45) is 0 Å². The third-order valence-electron chi connectivity index (χ3n) is 5.46. The van der Waals surface area contributed by atoms with Gasteiger partial charge in [-0.2, -0.15) is 0 Å². The number of likely N-dealkylation sites (N-methyl/N-ethyl adjacent to an activating group) is 1. The fraction of sp³-hybridized carbons (Fsp3) is 0.154. The monoisotopic (exact) mass is 432 g/mol. The second kappa shape index (κ2) is 8.75. The van der Waals surface area contributed by atoms with Crippen LogP contribution in [0.25, 0.3) is 5.57 Å². The molecule has 0 aliphatic carbocycles. The molecule has 3 aromatic rings. The lowest BCUT2D eigenvalue weighted by atomic mass is 10.0. The molecule has 4 nitrogen and oxygen atoms in total. The molecule has 0 saturated carbocycles. The minimum Gasteiger partial charge on any atom is -0.362 e. The highest BCUT2D eigenvalue weighted by Crippen LogP contribution is 2.36. The van der Waals surface area contributed by atoms with Gasteiger partial charge in [0.25, 0.3) is 11.8 Å². The molecule has 32 heavy (non-hydrogen) atoms. The summed E-state index contributed by atoms with van der Waals surface area (Å²) in [6.45, 7) is 4.68. The van der Waals surface area contributed by atoms with Gasteiger partial charge in [0.05, 0.1) is 11.3 Å². The Hall–Kier alpha value is -3.80. The number of halogens is 2. The van der Waals surface area contributed by atoms with E-state index in [4.69, 9.17) is 0 Å². The van der Waals surface area contributed by atoms with E-state index in [9.17, 15) is 18.4 Å². The minimum absolute atomic E-state index is 0.203. The summed E-state index contributed by atoms with van der Waals surface area (Å²) in [7, 11) is 0. The van der Waals surface area contributed by atoms with Crippen LogP contribution in [-0.2, 0) is 16.1 Å². The zero-order chi connectivity index (χ0) is 22.8. The lowest BCUT2D eigenvalue weighted by Gasteiger charge is -2.25. The number of anilines is 1. The first-order valence-corrected chi connectivity index (χ1v) is 10.3. The summed E-state index contributed by atoms with van der Waals surface area (Å²) >= 11 is 0. The number of carbonyl (C=O) groups excluding carboxylic acids is 2. The van der Waals surface area contributed by atoms with Crippen LogP contribution < -0.4 is 4.90 Å². The summed E-state index contributed by atoms with van der Waals surface area (Å²) in [4.78, 5) is 29.6. The van der Waals surface area contributed by atoms with Crippen molar-refractivity contribution in [3.8, 4) is 0 Å². The maximum absolute atomic E-state index is 14.6. The Morgan fingerprint density at radius 3 is 2.19 bits per heavy atom. The van der Waals surface area contributed by atoms with Crippen molar-refractivity contribution in [3.05, 3.63) is 107 Å². The third kappa shape index (κ3) is 3.91. The molecule has 0 unspecified atom stereocenters. The molecule has 162 valence electrons. The normalized spacial score (nSPS) is 13.8. The van der Waals surface area contributed by atoms with Crippen LogP contribution in [0.5, 0.6) is 0 Å². The number of hydrogen-bond acceptors (Lipinski definition) is 3. The maximum atomic E-state index is 14.6. The van der Waals surface area contributed by atoms with Gasteiger partial charge < -0.3 is 4.90 Å². The van der Waals surface area contributed by atoms with E-state index in [0.29, 0.717) is 24.7 Å². The summed E-state index contributed by atoms with van der Waals surface area (Å²) in [5.74, 6) is -3.02. The Balaban J connectivity index is 1.85. The Labute approximate surface area is 185 Å². The molecule has 2 amide bonds. The summed E-state index contributed by atoms with van der Waals surface area (Å²) < 4.78 is 28.0. The van der Waals surface area contributed by atoms with Crippen LogP contribution in [-0.4, -0.2) is 23.3 Å². The van der Waals surface area contributed by atoms with E-state index in [1.807, 2.05) is 61.2 Å². The van der Waals surface area contributed by atoms with Gasteiger partial charge in [-0.3, -0.25) is 9.59 Å². The zero-order valence-electron chi connectivity index (χ0n) is 17.8. The zero-order valence-corrected chi connectivity index (χ0v) is 17.8. The SMILES string of the molecule is CCN(Cc1ccccc1)C1=C(c2ccc(C)cc2)C(=O)N(c2ccc(F)cc2F)C1=O. The van der Waals surface area contributed by atoms with Crippen LogP contribution in [0.3, 0.4) is 0 Å². The van der Waals surface area contributed by atoms with Gasteiger partial charge in [-0.05, 0) is 37.1 Å². The quantitative estimate of drug-likeness (QED) is 0.510. The molecule has 0 spiro atoms. The minimum atomic E-state index is -0.970. The first-order chi connectivity index (χ1) is 15.4. The van der Waals surface area contributed by atoms with Crippen molar-refractivity contribution in [1.29, 1.82) is 0 Å². The molecule has 0 fully saturated rings. The van der Waals surface area contributed by atoms with Crippen LogP contribution in [0, 0.1) is 18.6 Å². The lowest BCUT2D eigenvalue weighted by Crippen LogP contribution is -2.35. The first kappa shape index (κ1) is 21.4. The fourth-order valence-corrected chi connectivity index (χ4v) is 3.83. The molecule has 1 aliphatic rings. The number of hydrogen-bond donors (Lipinski definition) is 0. The average Bonchev–Trinajstić information content (AvgIpc) is 3.04. The fourth-order valence-electron chi connectivity index (χ4n) is 3.83. The largest absolute Gasteiger partial charge is 0.362 e. The molecule has 0 aromatic heterocycles. The van der Waals surface area contributed by atoms with Crippen LogP contribution in [0.1, 0.15) is 23.6 Å². The summed E-state index contributed by atoms with van der Waals surface area (Å²) in [5, 5.41) is 0. The van der Waals surface area contributed by atoms with E-state index in [1.54, 1.807) is 12.1 Å². The number of rotatable bonds is 6. The van der Waals surface area contributed by atoms with E-state index in [0.717, 1.165) is 28.2 Å². The summed E-state index contributed by atoms with van der Waals surface area (Å²) in [6.07, 6.45) is 0. The van der Waals surface area contributed by atoms with Gasteiger partial charge in [0.15, 0.2) is 0 Å². The van der Waals surface area contributed by atoms with Gasteiger partial charge in [-0.1, -0.05) is 60.2 Å². The second-order valence-electron chi connectivity index (χ2n) is 7.63. The number of aryl methyl sites for hydroxylation is 1. The lowest BCUT2D eigenvalue weighted by molar-refractivity contribution is -0.120. The van der Waals surface area contributed by atoms with Crippen molar-refractivity contribution < 1.29 is 18.4 Å². The highest BCUT2D eigenvalue weighted by atomic mass is 19.1. The van der Waals surface area contributed by atoms with Crippen molar-refractivity contribution in [2.45, 2.75) is 20.4 Å². The van der Waals surface area contributed by atoms with Gasteiger partial charge in [0, 0.05) is 19.2 Å². The van der Waals surface area contributed by atoms with Crippen LogP contribution in [0.4, 0.5) is 14.5 Å². The predicted molar refractivity (Wildman–Crippen MR) is 119 cm³/mol. The van der Waals surface area contributed by atoms with Crippen LogP contribution in [0.2, 0.25) is 0 Å². The molecule has 0 radical (unpaired) electrons. The maximum Gasteiger partial charge on any atom is 0.282 e. The highest BCUT2D eigenvalue weighted by molar-refractivity contribution is 6.45. The van der Waals surface area contributed by atoms with E-state index < -0.39 is 23.4 Å². The predicted octanol–water partition coefficient (Wildman–Crippen LogP) is 5.08. The van der Waals surface area contributed by atoms with E-state index >= 15 is 0 Å². The van der Waals surface area contributed by atoms with Gasteiger partial charge in [-0.15, -0.1) is 0 Å². The molecule has 0 bridgehead atoms. The van der Waals surface area contributed by atoms with Crippen LogP contribution >= 0.6 is 0 Å². The number of benzene rings is 3. The number of imide groups is 1. The van der Waals surface area contributed by atoms with Crippen molar-refractivity contribution in [2.75, 3.05) is 11.4 Å². The number of amides is 2. The molecule has 0 saturated heterocycles. The molecule has 3 aromatic carbocycles. The molecule has 4 rings (SSSR count). The smallest absolute Gasteiger partial charge is 0.282 e. The summed E-state index contributed by atoms with van der Waals surface area (Å²) in [6, 6.07) is 19.7. The molecular weight excluding hydrogens is 410 g/mol. The number of carbonyl (C=O) groups is 2. The van der Waals surface area contributed by atoms with Gasteiger partial charge in [-0.25, -0.2) is 13.7 Å². The average molecular weight is 432 g/mol. The molecule has 1 aliphatic heterocycles. The molecule has 6 heteroatoms. The Bertz CT molecular complexity index is 1200. The van der Waals surface area contributed by atoms with Crippen molar-refractivity contribution in [1.82, 2.24) is 4.90 Å². The topological polar surface area (TPSA) is 40.6 Å². The van der Waals surface area contributed by atoms with Crippen molar-refractivity contribution >= 4 is 23.1 Å². The Kier molecular flexibility index (Phi) is 5.86. The van der Waals surface area contributed by atoms with Crippen LogP contribution in [0.15, 0.2) is 78.5 Å². The second-order valence-corrected chi connectivity index (χ2v) is 7.63. The third-order valence-corrected chi connectivity index (χ3v) is 5.46. The standard InChI is InChI=1S/C26H22F2N2O2/c1-3-29(16-18-7-5-4-6-8-18)24-23(19-11-9-17(2)10-12-19)25(31)30(26(24)32)22-14-13-20(27)15-21(22)28/h4-15H,3,16H2,1-2H3.